The van der Waals surface area contributed by atoms with Crippen molar-refractivity contribution in [3.05, 3.63) is 0 Å². The lowest BCUT2D eigenvalue weighted by atomic mass is 9.86. The molecule has 2 aliphatic rings. The van der Waals surface area contributed by atoms with Crippen molar-refractivity contribution in [1.29, 1.82) is 0 Å². The zero-order valence-electron chi connectivity index (χ0n) is 11.2. The first-order valence-corrected chi connectivity index (χ1v) is 6.90. The number of hydrogen-bond acceptors (Lipinski definition) is 4. The number of ether oxygens (including phenoxy) is 1. The Bertz CT molecular complexity index is 340. The van der Waals surface area contributed by atoms with Crippen molar-refractivity contribution >= 4 is 11.9 Å². The van der Waals surface area contributed by atoms with E-state index < -0.39 is 5.97 Å². The molecule has 0 radical (unpaired) electrons. The topological polar surface area (TPSA) is 87.7 Å². The van der Waals surface area contributed by atoms with E-state index in [1.165, 1.54) is 0 Å². The predicted molar refractivity (Wildman–Crippen MR) is 68.7 cm³/mol. The highest BCUT2D eigenvalue weighted by molar-refractivity contribution is 5.80. The summed E-state index contributed by atoms with van der Waals surface area (Å²) in [6, 6.07) is 0.191. The largest absolute Gasteiger partial charge is 0.481 e. The van der Waals surface area contributed by atoms with Crippen LogP contribution in [0.3, 0.4) is 0 Å². The average Bonchev–Trinajstić information content (AvgIpc) is 2.87. The minimum absolute atomic E-state index is 0.0237. The van der Waals surface area contributed by atoms with Crippen LogP contribution in [-0.2, 0) is 14.3 Å². The molecule has 2 rings (SSSR count). The van der Waals surface area contributed by atoms with Gasteiger partial charge in [0.15, 0.2) is 0 Å². The maximum atomic E-state index is 12.2. The predicted octanol–water partition coefficient (Wildman–Crippen LogP) is -0.0196. The molecule has 108 valence electrons. The maximum Gasteiger partial charge on any atom is 0.306 e. The number of carbonyl (C=O) groups excluding carboxylic acids is 1. The van der Waals surface area contributed by atoms with E-state index in [2.05, 4.69) is 10.6 Å². The van der Waals surface area contributed by atoms with Gasteiger partial charge in [0.2, 0.25) is 5.91 Å². The van der Waals surface area contributed by atoms with Crippen LogP contribution in [0, 0.1) is 11.8 Å². The lowest BCUT2D eigenvalue weighted by molar-refractivity contribution is -0.142. The van der Waals surface area contributed by atoms with Gasteiger partial charge in [-0.15, -0.1) is 0 Å². The lowest BCUT2D eigenvalue weighted by Crippen LogP contribution is -2.47. The molecule has 0 aromatic heterocycles. The van der Waals surface area contributed by atoms with Gasteiger partial charge in [-0.25, -0.2) is 0 Å². The quantitative estimate of drug-likeness (QED) is 0.668. The number of carboxylic acids is 1. The Morgan fingerprint density at radius 3 is 2.42 bits per heavy atom. The fourth-order valence-electron chi connectivity index (χ4n) is 2.89. The van der Waals surface area contributed by atoms with E-state index in [1.807, 2.05) is 7.05 Å². The van der Waals surface area contributed by atoms with Gasteiger partial charge in [0.1, 0.15) is 0 Å². The molecule has 1 aliphatic carbocycles. The number of amides is 1. The van der Waals surface area contributed by atoms with Crippen LogP contribution in [0.5, 0.6) is 0 Å². The second-order valence-electron chi connectivity index (χ2n) is 5.43. The molecule has 0 spiro atoms. The molecule has 0 bridgehead atoms. The van der Waals surface area contributed by atoms with Crippen LogP contribution < -0.4 is 10.6 Å². The molecular formula is C13H22N2O4. The van der Waals surface area contributed by atoms with Crippen LogP contribution >= 0.6 is 0 Å². The van der Waals surface area contributed by atoms with Gasteiger partial charge in [-0.3, -0.25) is 9.59 Å². The molecule has 1 heterocycles. The van der Waals surface area contributed by atoms with Gasteiger partial charge in [0.05, 0.1) is 25.0 Å². The maximum absolute atomic E-state index is 12.2. The van der Waals surface area contributed by atoms with E-state index in [1.54, 1.807) is 0 Å². The summed E-state index contributed by atoms with van der Waals surface area (Å²) in [7, 11) is 1.83. The summed E-state index contributed by atoms with van der Waals surface area (Å²) in [5.41, 5.74) is 0. The van der Waals surface area contributed by atoms with Crippen molar-refractivity contribution in [2.24, 2.45) is 11.8 Å². The normalized spacial score (nSPS) is 35.0. The van der Waals surface area contributed by atoms with Crippen molar-refractivity contribution in [2.45, 2.75) is 37.8 Å². The van der Waals surface area contributed by atoms with Crippen LogP contribution in [0.4, 0.5) is 0 Å². The molecule has 2 unspecified atom stereocenters. The number of aliphatic carboxylic acids is 1. The van der Waals surface area contributed by atoms with Gasteiger partial charge in [-0.05, 0) is 32.7 Å². The van der Waals surface area contributed by atoms with E-state index in [9.17, 15) is 9.59 Å². The Hall–Kier alpha value is -1.14. The highest BCUT2D eigenvalue weighted by Gasteiger charge is 2.35. The Kier molecular flexibility index (Phi) is 4.76. The van der Waals surface area contributed by atoms with Crippen molar-refractivity contribution in [2.75, 3.05) is 20.3 Å². The van der Waals surface area contributed by atoms with Gasteiger partial charge in [0, 0.05) is 12.1 Å². The van der Waals surface area contributed by atoms with E-state index >= 15 is 0 Å². The van der Waals surface area contributed by atoms with E-state index in [-0.39, 0.29) is 29.8 Å². The molecule has 1 saturated heterocycles. The summed E-state index contributed by atoms with van der Waals surface area (Å²) in [6.07, 6.45) is 2.80. The second kappa shape index (κ2) is 6.34. The third-order valence-corrected chi connectivity index (χ3v) is 4.21. The third kappa shape index (κ3) is 3.45. The smallest absolute Gasteiger partial charge is 0.306 e. The highest BCUT2D eigenvalue weighted by Crippen LogP contribution is 2.25. The first kappa shape index (κ1) is 14.3. The minimum atomic E-state index is -0.718. The fraction of sp³-hybridized carbons (Fsp3) is 0.846. The molecular weight excluding hydrogens is 248 g/mol. The molecule has 1 saturated carbocycles. The summed E-state index contributed by atoms with van der Waals surface area (Å²) < 4.78 is 5.32. The number of nitrogens with one attached hydrogen (secondary N) is 2. The number of likely N-dealkylation sites (N-methyl/N-ethyl adjacent to an activating group) is 1. The number of carbonyl (C=O) groups is 2. The van der Waals surface area contributed by atoms with Gasteiger partial charge >= 0.3 is 5.97 Å². The Balaban J connectivity index is 1.79. The molecule has 3 N–H and O–H groups in total. The van der Waals surface area contributed by atoms with Crippen molar-refractivity contribution < 1.29 is 19.4 Å². The second-order valence-corrected chi connectivity index (χ2v) is 5.43. The zero-order chi connectivity index (χ0) is 13.8. The summed E-state index contributed by atoms with van der Waals surface area (Å²) in [5.74, 6) is -1.07. The number of hydrogen-bond donors (Lipinski definition) is 3. The first-order valence-electron chi connectivity index (χ1n) is 6.90. The van der Waals surface area contributed by atoms with Crippen LogP contribution in [0.1, 0.15) is 25.7 Å². The molecule has 1 aliphatic heterocycles. The lowest BCUT2D eigenvalue weighted by Gasteiger charge is -2.28. The van der Waals surface area contributed by atoms with Gasteiger partial charge in [0.25, 0.3) is 0 Å². The average molecular weight is 270 g/mol. The minimum Gasteiger partial charge on any atom is -0.481 e. The molecule has 6 heteroatoms. The van der Waals surface area contributed by atoms with E-state index in [0.29, 0.717) is 26.1 Å². The molecule has 1 amide bonds. The number of carboxylic acid groups (broad SMARTS) is 1. The van der Waals surface area contributed by atoms with Crippen molar-refractivity contribution in [3.63, 3.8) is 0 Å². The summed E-state index contributed by atoms with van der Waals surface area (Å²) in [5, 5.41) is 15.1. The highest BCUT2D eigenvalue weighted by atomic mass is 16.5. The van der Waals surface area contributed by atoms with Gasteiger partial charge < -0.3 is 20.5 Å². The molecule has 0 aromatic rings. The fourth-order valence-corrected chi connectivity index (χ4v) is 2.89. The summed E-state index contributed by atoms with van der Waals surface area (Å²) in [4.78, 5) is 23.0. The summed E-state index contributed by atoms with van der Waals surface area (Å²) in [6.45, 7) is 1.03. The Labute approximate surface area is 112 Å². The standard InChI is InChI=1S/C13H22N2O4/c1-14-11-7-19-6-10(11)12(16)15-9-4-2-8(3-5-9)13(17)18/h8-11,14H,2-7H2,1H3,(H,15,16)(H,17,18). The molecule has 6 nitrogen and oxygen atoms in total. The van der Waals surface area contributed by atoms with Crippen LogP contribution in [-0.4, -0.2) is 49.3 Å². The van der Waals surface area contributed by atoms with Crippen LogP contribution in [0.25, 0.3) is 0 Å². The molecule has 2 fully saturated rings. The first-order chi connectivity index (χ1) is 9.11. The molecule has 19 heavy (non-hydrogen) atoms. The van der Waals surface area contributed by atoms with Gasteiger partial charge in [-0.1, -0.05) is 0 Å². The van der Waals surface area contributed by atoms with Gasteiger partial charge in [-0.2, -0.15) is 0 Å². The van der Waals surface area contributed by atoms with Crippen LogP contribution in [0.2, 0.25) is 0 Å². The Morgan fingerprint density at radius 1 is 1.16 bits per heavy atom. The molecule has 2 atom stereocenters. The third-order valence-electron chi connectivity index (χ3n) is 4.21. The summed E-state index contributed by atoms with van der Waals surface area (Å²) >= 11 is 0. The van der Waals surface area contributed by atoms with Crippen LogP contribution in [0.15, 0.2) is 0 Å². The van der Waals surface area contributed by atoms with E-state index in [4.69, 9.17) is 9.84 Å². The van der Waals surface area contributed by atoms with E-state index in [0.717, 1.165) is 12.8 Å². The molecule has 0 aromatic carbocycles. The van der Waals surface area contributed by atoms with Crippen molar-refractivity contribution in [1.82, 2.24) is 10.6 Å². The zero-order valence-corrected chi connectivity index (χ0v) is 11.2. The SMILES string of the molecule is CNC1COCC1C(=O)NC1CCC(C(=O)O)CC1. The monoisotopic (exact) mass is 270 g/mol. The Morgan fingerprint density at radius 2 is 1.84 bits per heavy atom. The van der Waals surface area contributed by atoms with Crippen molar-refractivity contribution in [3.8, 4) is 0 Å². The number of rotatable bonds is 4.